The third-order valence-electron chi connectivity index (χ3n) is 1.47. The van der Waals surface area contributed by atoms with Gasteiger partial charge in [0.15, 0.2) is 0 Å². The molecule has 87 valence electrons. The molecule has 1 radical (unpaired) electrons. The second-order valence-electron chi connectivity index (χ2n) is 2.95. The first kappa shape index (κ1) is 20.0. The maximum atomic E-state index is 9.65. The molecule has 0 aromatic heterocycles. The number of unbranched alkanes of at least 4 members (excludes halogenated alkanes) is 2. The van der Waals surface area contributed by atoms with Crippen LogP contribution in [0.15, 0.2) is 0 Å². The minimum Gasteiger partial charge on any atom is -0.550 e. The summed E-state index contributed by atoms with van der Waals surface area (Å²) in [6.07, 6.45) is 3.74. The maximum absolute atomic E-state index is 9.65. The van der Waals surface area contributed by atoms with Crippen LogP contribution in [0.3, 0.4) is 0 Å². The van der Waals surface area contributed by atoms with Crippen molar-refractivity contribution in [3.8, 4) is 0 Å². The summed E-state index contributed by atoms with van der Waals surface area (Å²) in [5.41, 5.74) is 0. The minimum absolute atomic E-state index is 0. The normalized spacial score (nSPS) is 8.13. The van der Waals surface area contributed by atoms with Crippen molar-refractivity contribution in [1.82, 2.24) is 0 Å². The van der Waals surface area contributed by atoms with E-state index in [9.17, 15) is 19.8 Å². The SMILES string of the molecule is CCCCC(=O)[O-].CCCCC(=O)[O-].[Cr+3]. The molecule has 0 aliphatic carbocycles. The van der Waals surface area contributed by atoms with Crippen LogP contribution >= 0.6 is 0 Å². The van der Waals surface area contributed by atoms with Crippen molar-refractivity contribution in [2.24, 2.45) is 0 Å². The van der Waals surface area contributed by atoms with Crippen molar-refractivity contribution in [3.05, 3.63) is 0 Å². The molecular formula is C10H18CrO4+. The van der Waals surface area contributed by atoms with E-state index in [4.69, 9.17) is 0 Å². The molecule has 5 heteroatoms. The molecule has 0 spiro atoms. The van der Waals surface area contributed by atoms with Gasteiger partial charge in [0.25, 0.3) is 0 Å². The van der Waals surface area contributed by atoms with Crippen LogP contribution in [0.5, 0.6) is 0 Å². The Morgan fingerprint density at radius 1 is 0.867 bits per heavy atom. The van der Waals surface area contributed by atoms with Crippen LogP contribution in [0, 0.1) is 0 Å². The van der Waals surface area contributed by atoms with Crippen molar-refractivity contribution in [2.75, 3.05) is 0 Å². The Labute approximate surface area is 102 Å². The molecule has 0 bridgehead atoms. The Bertz CT molecular complexity index is 142. The number of carboxylic acids is 2. The summed E-state index contributed by atoms with van der Waals surface area (Å²) in [6.45, 7) is 3.89. The Morgan fingerprint density at radius 3 is 1.20 bits per heavy atom. The molecule has 0 aliphatic heterocycles. The van der Waals surface area contributed by atoms with Gasteiger partial charge >= 0.3 is 17.4 Å². The van der Waals surface area contributed by atoms with Gasteiger partial charge in [-0.3, -0.25) is 0 Å². The number of hydrogen-bond acceptors (Lipinski definition) is 4. The van der Waals surface area contributed by atoms with Gasteiger partial charge in [-0.25, -0.2) is 0 Å². The van der Waals surface area contributed by atoms with Crippen molar-refractivity contribution in [2.45, 2.75) is 52.4 Å². The molecular weight excluding hydrogens is 236 g/mol. The van der Waals surface area contributed by atoms with Crippen molar-refractivity contribution in [3.63, 3.8) is 0 Å². The summed E-state index contributed by atoms with van der Waals surface area (Å²) in [6, 6.07) is 0. The van der Waals surface area contributed by atoms with Crippen LogP contribution in [-0.4, -0.2) is 11.9 Å². The molecule has 0 heterocycles. The molecule has 15 heavy (non-hydrogen) atoms. The molecule has 0 aliphatic rings. The number of carboxylic acid groups (broad SMARTS) is 2. The number of rotatable bonds is 6. The molecule has 0 atom stereocenters. The average molecular weight is 254 g/mol. The van der Waals surface area contributed by atoms with E-state index in [1.54, 1.807) is 0 Å². The molecule has 0 N–H and O–H groups in total. The fraction of sp³-hybridized carbons (Fsp3) is 0.800. The quantitative estimate of drug-likeness (QED) is 0.660. The van der Waals surface area contributed by atoms with Crippen LogP contribution in [0.1, 0.15) is 52.4 Å². The van der Waals surface area contributed by atoms with E-state index in [0.717, 1.165) is 25.7 Å². The molecule has 0 unspecified atom stereocenters. The zero-order valence-corrected chi connectivity index (χ0v) is 10.6. The summed E-state index contributed by atoms with van der Waals surface area (Å²) in [5, 5.41) is 19.3. The Hall–Kier alpha value is -0.528. The molecule has 0 saturated heterocycles. The predicted molar refractivity (Wildman–Crippen MR) is 49.1 cm³/mol. The number of hydrogen-bond donors (Lipinski definition) is 0. The first-order valence-corrected chi connectivity index (χ1v) is 4.94. The Kier molecular flexibility index (Phi) is 21.2. The van der Waals surface area contributed by atoms with E-state index in [-0.39, 0.29) is 30.2 Å². The molecule has 4 nitrogen and oxygen atoms in total. The fourth-order valence-electron chi connectivity index (χ4n) is 0.642. The smallest absolute Gasteiger partial charge is 0.550 e. The average Bonchev–Trinajstić information content (AvgIpc) is 2.12. The van der Waals surface area contributed by atoms with Crippen LogP contribution < -0.4 is 10.2 Å². The first-order chi connectivity index (χ1) is 6.54. The summed E-state index contributed by atoms with van der Waals surface area (Å²) in [4.78, 5) is 19.3. The summed E-state index contributed by atoms with van der Waals surface area (Å²) < 4.78 is 0. The monoisotopic (exact) mass is 254 g/mol. The zero-order chi connectivity index (χ0) is 11.4. The standard InChI is InChI=1S/2C5H10O2.Cr/c2*1-2-3-4-5(6)7;/h2*2-4H2,1H3,(H,6,7);/q;;+3/p-2. The van der Waals surface area contributed by atoms with Gasteiger partial charge in [-0.2, -0.15) is 0 Å². The van der Waals surface area contributed by atoms with E-state index >= 15 is 0 Å². The molecule has 0 saturated carbocycles. The molecule has 0 fully saturated rings. The Morgan fingerprint density at radius 2 is 1.13 bits per heavy atom. The van der Waals surface area contributed by atoms with Gasteiger partial charge < -0.3 is 19.8 Å². The van der Waals surface area contributed by atoms with Crippen LogP contribution in [0.4, 0.5) is 0 Å². The molecule has 0 rings (SSSR count). The number of aliphatic carboxylic acids is 2. The topological polar surface area (TPSA) is 80.3 Å². The van der Waals surface area contributed by atoms with Gasteiger partial charge in [0.1, 0.15) is 0 Å². The summed E-state index contributed by atoms with van der Waals surface area (Å²) in [7, 11) is 0. The predicted octanol–water partition coefficient (Wildman–Crippen LogP) is -0.149. The second kappa shape index (κ2) is 15.9. The van der Waals surface area contributed by atoms with Gasteiger partial charge in [-0.05, 0) is 25.7 Å². The Balaban J connectivity index is -0.000000180. The van der Waals surface area contributed by atoms with E-state index in [1.165, 1.54) is 0 Å². The number of carbonyl (C=O) groups is 2. The van der Waals surface area contributed by atoms with Crippen molar-refractivity contribution in [1.29, 1.82) is 0 Å². The number of carbonyl (C=O) groups excluding carboxylic acids is 2. The van der Waals surface area contributed by atoms with Gasteiger partial charge in [0, 0.05) is 11.9 Å². The van der Waals surface area contributed by atoms with Gasteiger partial charge in [0.2, 0.25) is 0 Å². The van der Waals surface area contributed by atoms with Crippen LogP contribution in [-0.2, 0) is 27.0 Å². The van der Waals surface area contributed by atoms with E-state index in [0.29, 0.717) is 0 Å². The maximum Gasteiger partial charge on any atom is 3.00 e. The van der Waals surface area contributed by atoms with Crippen LogP contribution in [0.25, 0.3) is 0 Å². The van der Waals surface area contributed by atoms with Gasteiger partial charge in [0.05, 0.1) is 0 Å². The fourth-order valence-corrected chi connectivity index (χ4v) is 0.642. The largest absolute Gasteiger partial charge is 3.00 e. The minimum atomic E-state index is -0.943. The first-order valence-electron chi connectivity index (χ1n) is 4.94. The van der Waals surface area contributed by atoms with Crippen molar-refractivity contribution >= 4 is 11.9 Å². The molecule has 0 aromatic carbocycles. The van der Waals surface area contributed by atoms with Gasteiger partial charge in [-0.15, -0.1) is 0 Å². The second-order valence-corrected chi connectivity index (χ2v) is 2.95. The molecule has 0 amide bonds. The van der Waals surface area contributed by atoms with Gasteiger partial charge in [-0.1, -0.05) is 26.7 Å². The molecule has 0 aromatic rings. The van der Waals surface area contributed by atoms with E-state index in [2.05, 4.69) is 0 Å². The van der Waals surface area contributed by atoms with E-state index < -0.39 is 11.9 Å². The zero-order valence-electron chi connectivity index (χ0n) is 9.28. The third-order valence-corrected chi connectivity index (χ3v) is 1.47. The summed E-state index contributed by atoms with van der Waals surface area (Å²) >= 11 is 0. The van der Waals surface area contributed by atoms with Crippen LogP contribution in [0.2, 0.25) is 0 Å². The van der Waals surface area contributed by atoms with Crippen molar-refractivity contribution < 1.29 is 37.2 Å². The van der Waals surface area contributed by atoms with E-state index in [1.807, 2.05) is 13.8 Å². The summed E-state index contributed by atoms with van der Waals surface area (Å²) in [5.74, 6) is -1.89. The third kappa shape index (κ3) is 31.8.